The first-order chi connectivity index (χ1) is 20.0. The molecule has 9 heteroatoms. The molecular formula is C32H29O7P2+. The van der Waals surface area contributed by atoms with Crippen molar-refractivity contribution in [3.05, 3.63) is 133 Å². The minimum absolute atomic E-state index is 0.318. The molecule has 1 aliphatic carbocycles. The van der Waals surface area contributed by atoms with Gasteiger partial charge in [-0.2, -0.15) is 4.57 Å². The zero-order valence-electron chi connectivity index (χ0n) is 22.4. The lowest BCUT2D eigenvalue weighted by Crippen LogP contribution is -2.07. The molecule has 5 rings (SSSR count). The molecule has 0 spiro atoms. The van der Waals surface area contributed by atoms with Crippen LogP contribution in [-0.2, 0) is 13.9 Å². The van der Waals surface area contributed by atoms with E-state index in [4.69, 9.17) is 22.8 Å². The van der Waals surface area contributed by atoms with Crippen LogP contribution in [0.2, 0.25) is 0 Å². The normalized spacial score (nSPS) is 13.9. The first-order valence-corrected chi connectivity index (χ1v) is 15.8. The Bertz CT molecular complexity index is 1510. The van der Waals surface area contributed by atoms with E-state index in [1.54, 1.807) is 79.7 Å². The largest absolute Gasteiger partial charge is 0.647 e. The average molecular weight is 588 g/mol. The van der Waals surface area contributed by atoms with Crippen molar-refractivity contribution in [2.24, 2.45) is 0 Å². The van der Waals surface area contributed by atoms with Crippen LogP contribution in [0, 0.1) is 0 Å². The molecule has 0 saturated heterocycles. The monoisotopic (exact) mass is 587 g/mol. The topological polar surface area (TPSA) is 80.3 Å². The number of phosphoric ester groups is 1. The molecule has 0 aliphatic heterocycles. The van der Waals surface area contributed by atoms with Crippen molar-refractivity contribution >= 4 is 15.9 Å². The summed E-state index contributed by atoms with van der Waals surface area (Å²) >= 11 is 0. The van der Waals surface area contributed by atoms with Gasteiger partial charge in [0.1, 0.15) is 23.0 Å². The third-order valence-corrected chi connectivity index (χ3v) is 8.36. The fraction of sp³-hybridized carbons (Fsp3) is 0.125. The maximum atomic E-state index is 13.6. The summed E-state index contributed by atoms with van der Waals surface area (Å²) in [4.78, 5) is 0. The fourth-order valence-corrected chi connectivity index (χ4v) is 5.89. The molecule has 0 heterocycles. The van der Waals surface area contributed by atoms with Gasteiger partial charge in [0.15, 0.2) is 5.75 Å². The molecule has 4 aromatic rings. The van der Waals surface area contributed by atoms with E-state index < -0.39 is 21.7 Å². The second-order valence-corrected chi connectivity index (χ2v) is 12.0. The predicted molar refractivity (Wildman–Crippen MR) is 159 cm³/mol. The van der Waals surface area contributed by atoms with E-state index in [0.717, 1.165) is 29.7 Å². The Morgan fingerprint density at radius 3 is 1.66 bits per heavy atom. The van der Waals surface area contributed by atoms with E-state index in [0.29, 0.717) is 23.0 Å². The molecule has 2 unspecified atom stereocenters. The molecule has 208 valence electrons. The number of benzene rings is 4. The van der Waals surface area contributed by atoms with Gasteiger partial charge in [-0.05, 0) is 76.7 Å². The lowest BCUT2D eigenvalue weighted by atomic mass is 10.1. The molecule has 0 amide bonds. The Hall–Kier alpha value is -4.31. The Morgan fingerprint density at radius 2 is 1.17 bits per heavy atom. The molecule has 0 bridgehead atoms. The lowest BCUT2D eigenvalue weighted by Gasteiger charge is -2.19. The van der Waals surface area contributed by atoms with Gasteiger partial charge in [-0.1, -0.05) is 72.8 Å². The summed E-state index contributed by atoms with van der Waals surface area (Å²) in [6.45, 7) is 1.74. The lowest BCUT2D eigenvalue weighted by molar-refractivity contribution is 0.176. The molecule has 0 aromatic heterocycles. The van der Waals surface area contributed by atoms with Gasteiger partial charge >= 0.3 is 21.7 Å². The van der Waals surface area contributed by atoms with Crippen molar-refractivity contribution in [3.8, 4) is 34.1 Å². The van der Waals surface area contributed by atoms with Gasteiger partial charge < -0.3 is 18.3 Å². The molecule has 2 atom stereocenters. The molecule has 0 saturated carbocycles. The average Bonchev–Trinajstić information content (AvgIpc) is 2.99. The van der Waals surface area contributed by atoms with E-state index >= 15 is 0 Å². The van der Waals surface area contributed by atoms with Crippen molar-refractivity contribution in [2.75, 3.05) is 0 Å². The van der Waals surface area contributed by atoms with E-state index in [-0.39, 0.29) is 0 Å². The Balaban J connectivity index is 1.23. The van der Waals surface area contributed by atoms with Crippen LogP contribution in [0.4, 0.5) is 0 Å². The Morgan fingerprint density at radius 1 is 0.683 bits per heavy atom. The molecule has 0 N–H and O–H groups in total. The maximum Gasteiger partial charge on any atom is 0.647 e. The third-order valence-electron chi connectivity index (χ3n) is 5.97. The highest BCUT2D eigenvalue weighted by Crippen LogP contribution is 2.50. The van der Waals surface area contributed by atoms with Crippen LogP contribution >= 0.6 is 15.9 Å². The summed E-state index contributed by atoms with van der Waals surface area (Å²) in [6.07, 6.45) is 7.59. The van der Waals surface area contributed by atoms with E-state index in [9.17, 15) is 9.13 Å². The predicted octanol–water partition coefficient (Wildman–Crippen LogP) is 9.72. The first-order valence-electron chi connectivity index (χ1n) is 13.1. The van der Waals surface area contributed by atoms with Gasteiger partial charge in [-0.25, -0.2) is 0 Å². The summed E-state index contributed by atoms with van der Waals surface area (Å²) in [5, 5.41) is 0. The van der Waals surface area contributed by atoms with Crippen LogP contribution < -0.4 is 18.1 Å². The number of allylic oxidation sites excluding steroid dienone is 4. The highest BCUT2D eigenvalue weighted by Gasteiger charge is 2.34. The number of para-hydroxylation sites is 2. The summed E-state index contributed by atoms with van der Waals surface area (Å²) in [7, 11) is -6.14. The number of ether oxygens (including phenoxy) is 1. The third kappa shape index (κ3) is 8.11. The number of hydrogen-bond donors (Lipinski definition) is 0. The van der Waals surface area contributed by atoms with Crippen LogP contribution in [0.3, 0.4) is 0 Å². The van der Waals surface area contributed by atoms with Crippen LogP contribution in [0.15, 0.2) is 133 Å². The molecule has 41 heavy (non-hydrogen) atoms. The molecule has 7 nitrogen and oxygen atoms in total. The molecule has 4 aromatic carbocycles. The van der Waals surface area contributed by atoms with Crippen molar-refractivity contribution in [3.63, 3.8) is 0 Å². The van der Waals surface area contributed by atoms with Gasteiger partial charge in [-0.15, -0.1) is 0 Å². The number of phosphoric acid groups is 1. The number of rotatable bonds is 12. The first kappa shape index (κ1) is 28.2. The molecule has 0 fully saturated rings. The van der Waals surface area contributed by atoms with Gasteiger partial charge in [0.05, 0.1) is 0 Å². The maximum absolute atomic E-state index is 13.6. The fourth-order valence-electron chi connectivity index (χ4n) is 3.94. The van der Waals surface area contributed by atoms with Crippen molar-refractivity contribution in [1.82, 2.24) is 0 Å². The van der Waals surface area contributed by atoms with Crippen LogP contribution in [0.25, 0.3) is 11.1 Å². The standard InChI is InChI=1S/C32H29O7P2/c1-25(35-28-11-5-2-6-12-28)40(33)36-29-21-17-26(18-22-29)27-19-23-32(24-20-27)39-41(34,37-30-13-7-3-8-14-30)38-31-15-9-4-10-16-31/h2-5,7-11,13-25H,6,12H2,1H3/q+1. The summed E-state index contributed by atoms with van der Waals surface area (Å²) < 4.78 is 54.8. The summed E-state index contributed by atoms with van der Waals surface area (Å²) in [5.41, 5.74) is 1.80. The molecule has 1 aliphatic rings. The van der Waals surface area contributed by atoms with Crippen molar-refractivity contribution in [1.29, 1.82) is 0 Å². The summed E-state index contributed by atoms with van der Waals surface area (Å²) in [6, 6.07) is 31.8. The van der Waals surface area contributed by atoms with E-state index in [1.807, 2.05) is 48.6 Å². The Labute approximate surface area is 240 Å². The SMILES string of the molecule is CC(OC1=CC=CCC1)[P+](=O)Oc1ccc(-c2ccc(OP(=O)(Oc3ccccc3)Oc3ccccc3)cc2)cc1. The highest BCUT2D eigenvalue weighted by atomic mass is 31.2. The van der Waals surface area contributed by atoms with E-state index in [2.05, 4.69) is 6.08 Å². The minimum Gasteiger partial charge on any atom is -0.448 e. The number of hydrogen-bond acceptors (Lipinski definition) is 7. The van der Waals surface area contributed by atoms with E-state index in [1.165, 1.54) is 0 Å². The van der Waals surface area contributed by atoms with Gasteiger partial charge in [0.2, 0.25) is 0 Å². The van der Waals surface area contributed by atoms with Crippen LogP contribution in [0.5, 0.6) is 23.0 Å². The second kappa shape index (κ2) is 13.4. The minimum atomic E-state index is -4.07. The quantitative estimate of drug-likeness (QED) is 0.153. The van der Waals surface area contributed by atoms with Gasteiger partial charge in [0, 0.05) is 13.3 Å². The highest BCUT2D eigenvalue weighted by molar-refractivity contribution is 7.49. The Kier molecular flexibility index (Phi) is 9.20. The van der Waals surface area contributed by atoms with Gasteiger partial charge in [-0.3, -0.25) is 4.52 Å². The zero-order valence-corrected chi connectivity index (χ0v) is 24.2. The molecular weight excluding hydrogens is 558 g/mol. The van der Waals surface area contributed by atoms with Crippen molar-refractivity contribution in [2.45, 2.75) is 25.6 Å². The van der Waals surface area contributed by atoms with Crippen LogP contribution in [-0.4, -0.2) is 5.85 Å². The smallest absolute Gasteiger partial charge is 0.448 e. The summed E-state index contributed by atoms with van der Waals surface area (Å²) in [5.74, 6) is 1.76. The van der Waals surface area contributed by atoms with Crippen LogP contribution in [0.1, 0.15) is 19.8 Å². The molecule has 0 radical (unpaired) electrons. The van der Waals surface area contributed by atoms with Gasteiger partial charge in [0.25, 0.3) is 0 Å². The zero-order chi connectivity index (χ0) is 28.5. The van der Waals surface area contributed by atoms with Crippen molar-refractivity contribution < 1.29 is 32.0 Å². The second-order valence-electron chi connectivity index (χ2n) is 9.09.